The van der Waals surface area contributed by atoms with Crippen LogP contribution in [0.15, 0.2) is 52.0 Å². The van der Waals surface area contributed by atoms with E-state index >= 15 is 0 Å². The quantitative estimate of drug-likeness (QED) is 0.799. The first-order chi connectivity index (χ1) is 9.65. The smallest absolute Gasteiger partial charge is 0.335 e. The van der Waals surface area contributed by atoms with E-state index in [4.69, 9.17) is 9.52 Å². The molecule has 0 saturated heterocycles. The average molecular weight is 291 g/mol. The first kappa shape index (κ1) is 14.2. The van der Waals surface area contributed by atoms with Crippen LogP contribution in [-0.4, -0.2) is 22.7 Å². The Morgan fingerprint density at radius 1 is 1.20 bits per heavy atom. The van der Waals surface area contributed by atoms with Crippen molar-refractivity contribution in [2.45, 2.75) is 11.4 Å². The number of hydrogen-bond donors (Lipinski definition) is 2. The molecule has 1 heterocycles. The highest BCUT2D eigenvalue weighted by Crippen LogP contribution is 2.18. The van der Waals surface area contributed by atoms with Gasteiger partial charge < -0.3 is 14.8 Å². The molecular formula is C14H13NO4S. The second-order valence-electron chi connectivity index (χ2n) is 3.97. The van der Waals surface area contributed by atoms with Crippen molar-refractivity contribution >= 4 is 23.6 Å². The monoisotopic (exact) mass is 291 g/mol. The van der Waals surface area contributed by atoms with Crippen LogP contribution in [0.3, 0.4) is 0 Å². The molecule has 0 saturated carbocycles. The molecule has 0 radical (unpaired) electrons. The fourth-order valence-electron chi connectivity index (χ4n) is 1.49. The van der Waals surface area contributed by atoms with Crippen molar-refractivity contribution in [2.24, 2.45) is 0 Å². The number of carbonyl (C=O) groups excluding carboxylic acids is 1. The number of carbonyl (C=O) groups is 2. The van der Waals surface area contributed by atoms with Crippen molar-refractivity contribution in [3.63, 3.8) is 0 Å². The molecule has 0 aliphatic carbocycles. The summed E-state index contributed by atoms with van der Waals surface area (Å²) in [7, 11) is 0. The number of nitrogens with one attached hydrogen (secondary N) is 1. The maximum atomic E-state index is 11.6. The van der Waals surface area contributed by atoms with E-state index in [9.17, 15) is 9.59 Å². The predicted molar refractivity (Wildman–Crippen MR) is 74.7 cm³/mol. The molecule has 2 rings (SSSR count). The Hall–Kier alpha value is -2.21. The van der Waals surface area contributed by atoms with Crippen LogP contribution in [-0.2, 0) is 11.3 Å². The Kier molecular flexibility index (Phi) is 4.84. The highest BCUT2D eigenvalue weighted by molar-refractivity contribution is 8.00. The largest absolute Gasteiger partial charge is 0.478 e. The van der Waals surface area contributed by atoms with Gasteiger partial charge in [-0.3, -0.25) is 4.79 Å². The standard InChI is InChI=1S/C14H13NO4S/c16-13(15-8-11-2-1-7-19-11)9-20-12-5-3-10(4-6-12)14(17)18/h1-7H,8-9H2,(H,15,16)(H,17,18). The van der Waals surface area contributed by atoms with Gasteiger partial charge in [0.05, 0.1) is 24.1 Å². The molecule has 2 aromatic rings. The zero-order chi connectivity index (χ0) is 14.4. The molecule has 0 fully saturated rings. The first-order valence-corrected chi connectivity index (χ1v) is 6.89. The molecule has 0 aliphatic rings. The molecule has 1 aromatic carbocycles. The summed E-state index contributed by atoms with van der Waals surface area (Å²) >= 11 is 1.35. The van der Waals surface area contributed by atoms with Crippen LogP contribution in [0.4, 0.5) is 0 Å². The summed E-state index contributed by atoms with van der Waals surface area (Å²) in [5, 5.41) is 11.5. The van der Waals surface area contributed by atoms with E-state index in [-0.39, 0.29) is 17.2 Å². The third-order valence-corrected chi connectivity index (χ3v) is 3.52. The van der Waals surface area contributed by atoms with Crippen LogP contribution in [0.1, 0.15) is 16.1 Å². The lowest BCUT2D eigenvalue weighted by atomic mass is 10.2. The number of hydrogen-bond acceptors (Lipinski definition) is 4. The number of furan rings is 1. The van der Waals surface area contributed by atoms with Gasteiger partial charge in [-0.15, -0.1) is 11.8 Å². The molecule has 0 unspecified atom stereocenters. The van der Waals surface area contributed by atoms with Gasteiger partial charge in [0.1, 0.15) is 5.76 Å². The van der Waals surface area contributed by atoms with Gasteiger partial charge in [0.15, 0.2) is 0 Å². The van der Waals surface area contributed by atoms with E-state index in [1.165, 1.54) is 23.9 Å². The average Bonchev–Trinajstić information content (AvgIpc) is 2.96. The minimum absolute atomic E-state index is 0.103. The minimum atomic E-state index is -0.960. The fourth-order valence-corrected chi connectivity index (χ4v) is 2.22. The first-order valence-electron chi connectivity index (χ1n) is 5.90. The molecule has 1 amide bonds. The molecule has 0 atom stereocenters. The molecule has 20 heavy (non-hydrogen) atoms. The Morgan fingerprint density at radius 2 is 1.95 bits per heavy atom. The molecule has 5 nitrogen and oxygen atoms in total. The van der Waals surface area contributed by atoms with Crippen molar-refractivity contribution in [1.29, 1.82) is 0 Å². The summed E-state index contributed by atoms with van der Waals surface area (Å²) in [6, 6.07) is 9.97. The zero-order valence-electron chi connectivity index (χ0n) is 10.5. The lowest BCUT2D eigenvalue weighted by Crippen LogP contribution is -2.24. The van der Waals surface area contributed by atoms with Crippen molar-refractivity contribution in [2.75, 3.05) is 5.75 Å². The number of aromatic carboxylic acids is 1. The van der Waals surface area contributed by atoms with Crippen molar-refractivity contribution in [3.8, 4) is 0 Å². The summed E-state index contributed by atoms with van der Waals surface area (Å²) in [5.74, 6) is -0.0896. The maximum absolute atomic E-state index is 11.6. The lowest BCUT2D eigenvalue weighted by Gasteiger charge is -2.04. The van der Waals surface area contributed by atoms with Gasteiger partial charge in [0, 0.05) is 4.90 Å². The second kappa shape index (κ2) is 6.81. The van der Waals surface area contributed by atoms with Crippen molar-refractivity contribution in [1.82, 2.24) is 5.32 Å². The molecule has 0 bridgehead atoms. The third-order valence-electron chi connectivity index (χ3n) is 2.51. The minimum Gasteiger partial charge on any atom is -0.478 e. The number of carboxylic acid groups (broad SMARTS) is 1. The molecule has 0 spiro atoms. The maximum Gasteiger partial charge on any atom is 0.335 e. The number of carboxylic acids is 1. The molecular weight excluding hydrogens is 278 g/mol. The number of benzene rings is 1. The predicted octanol–water partition coefficient (Wildman–Crippen LogP) is 2.39. The van der Waals surface area contributed by atoms with Crippen LogP contribution in [0.25, 0.3) is 0 Å². The van der Waals surface area contributed by atoms with Crippen LogP contribution < -0.4 is 5.32 Å². The van der Waals surface area contributed by atoms with E-state index in [0.29, 0.717) is 12.3 Å². The molecule has 1 aromatic heterocycles. The van der Waals surface area contributed by atoms with Crippen LogP contribution >= 0.6 is 11.8 Å². The van der Waals surface area contributed by atoms with Crippen LogP contribution in [0, 0.1) is 0 Å². The van der Waals surface area contributed by atoms with Gasteiger partial charge in [-0.25, -0.2) is 4.79 Å². The Balaban J connectivity index is 1.76. The normalized spacial score (nSPS) is 10.2. The van der Waals surface area contributed by atoms with E-state index in [1.54, 1.807) is 30.5 Å². The van der Waals surface area contributed by atoms with Gasteiger partial charge >= 0.3 is 5.97 Å². The van der Waals surface area contributed by atoms with Gasteiger partial charge in [-0.2, -0.15) is 0 Å². The van der Waals surface area contributed by atoms with E-state index in [1.807, 2.05) is 0 Å². The Labute approximate surface area is 120 Å². The highest BCUT2D eigenvalue weighted by atomic mass is 32.2. The summed E-state index contributed by atoms with van der Waals surface area (Å²) in [6.45, 7) is 0.365. The highest BCUT2D eigenvalue weighted by Gasteiger charge is 2.05. The fraction of sp³-hybridized carbons (Fsp3) is 0.143. The molecule has 2 N–H and O–H groups in total. The summed E-state index contributed by atoms with van der Waals surface area (Å²) in [4.78, 5) is 23.2. The van der Waals surface area contributed by atoms with Gasteiger partial charge in [-0.05, 0) is 36.4 Å². The molecule has 104 valence electrons. The molecule has 0 aliphatic heterocycles. The van der Waals surface area contributed by atoms with E-state index < -0.39 is 5.97 Å². The van der Waals surface area contributed by atoms with E-state index in [2.05, 4.69) is 5.32 Å². The van der Waals surface area contributed by atoms with Crippen molar-refractivity contribution in [3.05, 3.63) is 54.0 Å². The van der Waals surface area contributed by atoms with Gasteiger partial charge in [0.2, 0.25) is 5.91 Å². The van der Waals surface area contributed by atoms with Crippen LogP contribution in [0.5, 0.6) is 0 Å². The van der Waals surface area contributed by atoms with Crippen molar-refractivity contribution < 1.29 is 19.1 Å². The summed E-state index contributed by atoms with van der Waals surface area (Å²) in [6.07, 6.45) is 1.56. The van der Waals surface area contributed by atoms with Gasteiger partial charge in [-0.1, -0.05) is 0 Å². The number of rotatable bonds is 6. The van der Waals surface area contributed by atoms with E-state index in [0.717, 1.165) is 4.90 Å². The lowest BCUT2D eigenvalue weighted by molar-refractivity contribution is -0.118. The Bertz CT molecular complexity index is 578. The topological polar surface area (TPSA) is 79.5 Å². The SMILES string of the molecule is O=C(CSc1ccc(C(=O)O)cc1)NCc1ccco1. The second-order valence-corrected chi connectivity index (χ2v) is 5.02. The Morgan fingerprint density at radius 3 is 2.55 bits per heavy atom. The summed E-state index contributed by atoms with van der Waals surface area (Å²) in [5.41, 5.74) is 0.233. The summed E-state index contributed by atoms with van der Waals surface area (Å²) < 4.78 is 5.11. The zero-order valence-corrected chi connectivity index (χ0v) is 11.4. The third kappa shape index (κ3) is 4.17. The number of thioether (sulfide) groups is 1. The van der Waals surface area contributed by atoms with Crippen LogP contribution in [0.2, 0.25) is 0 Å². The van der Waals surface area contributed by atoms with Gasteiger partial charge in [0.25, 0.3) is 0 Å². The molecule has 6 heteroatoms. The number of amides is 1.